The first-order valence-corrected chi connectivity index (χ1v) is 6.88. The molecule has 0 radical (unpaired) electrons. The van der Waals surface area contributed by atoms with E-state index in [1.807, 2.05) is 0 Å². The average molecular weight is 282 g/mol. The van der Waals surface area contributed by atoms with Crippen molar-refractivity contribution in [3.8, 4) is 5.88 Å². The van der Waals surface area contributed by atoms with Gasteiger partial charge in [-0.2, -0.15) is 10.1 Å². The van der Waals surface area contributed by atoms with Crippen LogP contribution in [0.2, 0.25) is 0 Å². The van der Waals surface area contributed by atoms with E-state index < -0.39 is 10.0 Å². The van der Waals surface area contributed by atoms with Crippen molar-refractivity contribution in [1.29, 1.82) is 0 Å². The monoisotopic (exact) mass is 282 g/mol. The Bertz CT molecular complexity index is 681. The summed E-state index contributed by atoms with van der Waals surface area (Å²) >= 11 is 0. The standard InChI is InChI=1S/C11H14N4O3S/c1-14-8-9(7-12-14)19(16,17)15(2)10-5-4-6-11(13-10)18-3/h4-8H,1-3H3. The van der Waals surface area contributed by atoms with E-state index in [-0.39, 0.29) is 10.7 Å². The molecule has 2 aromatic heterocycles. The van der Waals surface area contributed by atoms with Crippen LogP contribution in [-0.2, 0) is 17.1 Å². The Hall–Kier alpha value is -2.09. The third kappa shape index (κ3) is 2.53. The van der Waals surface area contributed by atoms with Gasteiger partial charge in [0.05, 0.1) is 13.3 Å². The zero-order valence-corrected chi connectivity index (χ0v) is 11.6. The van der Waals surface area contributed by atoms with Crippen LogP contribution < -0.4 is 9.04 Å². The minimum atomic E-state index is -3.66. The van der Waals surface area contributed by atoms with E-state index in [9.17, 15) is 8.42 Å². The summed E-state index contributed by atoms with van der Waals surface area (Å²) in [5.41, 5.74) is 0. The Kier molecular flexibility index (Phi) is 3.43. The summed E-state index contributed by atoms with van der Waals surface area (Å²) in [7, 11) is 0.900. The number of hydrogen-bond donors (Lipinski definition) is 0. The largest absolute Gasteiger partial charge is 0.481 e. The van der Waals surface area contributed by atoms with E-state index in [0.717, 1.165) is 4.31 Å². The quantitative estimate of drug-likeness (QED) is 0.822. The molecule has 0 aromatic carbocycles. The van der Waals surface area contributed by atoms with Crippen molar-refractivity contribution in [2.45, 2.75) is 4.90 Å². The van der Waals surface area contributed by atoms with Gasteiger partial charge in [-0.3, -0.25) is 8.99 Å². The van der Waals surface area contributed by atoms with Crippen LogP contribution in [0.25, 0.3) is 0 Å². The van der Waals surface area contributed by atoms with Gasteiger partial charge in [-0.1, -0.05) is 6.07 Å². The predicted octanol–water partition coefficient (Wildman–Crippen LogP) is 0.649. The highest BCUT2D eigenvalue weighted by molar-refractivity contribution is 7.92. The zero-order valence-electron chi connectivity index (χ0n) is 10.8. The van der Waals surface area contributed by atoms with Crippen LogP contribution in [0.1, 0.15) is 0 Å². The molecule has 2 heterocycles. The van der Waals surface area contributed by atoms with Gasteiger partial charge in [-0.25, -0.2) is 8.42 Å². The molecule has 0 atom stereocenters. The highest BCUT2D eigenvalue weighted by atomic mass is 32.2. The average Bonchev–Trinajstić information content (AvgIpc) is 2.85. The maximum atomic E-state index is 12.3. The molecule has 0 amide bonds. The van der Waals surface area contributed by atoms with Gasteiger partial charge in [-0.05, 0) is 6.07 Å². The molecular weight excluding hydrogens is 268 g/mol. The molecule has 0 aliphatic heterocycles. The first kappa shape index (κ1) is 13.3. The Morgan fingerprint density at radius 2 is 2.11 bits per heavy atom. The van der Waals surface area contributed by atoms with Crippen LogP contribution in [0.15, 0.2) is 35.5 Å². The molecule has 19 heavy (non-hydrogen) atoms. The number of pyridine rings is 1. The van der Waals surface area contributed by atoms with E-state index in [4.69, 9.17) is 4.74 Å². The minimum absolute atomic E-state index is 0.113. The SMILES string of the molecule is COc1cccc(N(C)S(=O)(=O)c2cnn(C)c2)n1. The molecule has 7 nitrogen and oxygen atoms in total. The van der Waals surface area contributed by atoms with Gasteiger partial charge in [0.1, 0.15) is 10.7 Å². The fourth-order valence-corrected chi connectivity index (χ4v) is 2.64. The lowest BCUT2D eigenvalue weighted by Gasteiger charge is -2.17. The van der Waals surface area contributed by atoms with Crippen molar-refractivity contribution in [3.63, 3.8) is 0 Å². The molecule has 0 aliphatic carbocycles. The molecule has 0 unspecified atom stereocenters. The van der Waals surface area contributed by atoms with Gasteiger partial charge in [0, 0.05) is 26.4 Å². The summed E-state index contributed by atoms with van der Waals surface area (Å²) in [6, 6.07) is 4.92. The number of aromatic nitrogens is 3. The maximum Gasteiger partial charge on any atom is 0.268 e. The van der Waals surface area contributed by atoms with Crippen LogP contribution in [-0.4, -0.2) is 37.3 Å². The van der Waals surface area contributed by atoms with Crippen molar-refractivity contribution in [1.82, 2.24) is 14.8 Å². The number of methoxy groups -OCH3 is 1. The molecular formula is C11H14N4O3S. The molecule has 0 bridgehead atoms. The lowest BCUT2D eigenvalue weighted by Crippen LogP contribution is -2.27. The second-order valence-corrected chi connectivity index (χ2v) is 5.83. The number of hydrogen-bond acceptors (Lipinski definition) is 5. The van der Waals surface area contributed by atoms with Gasteiger partial charge < -0.3 is 4.74 Å². The number of rotatable bonds is 4. The topological polar surface area (TPSA) is 77.3 Å². The molecule has 2 rings (SSSR count). The molecule has 2 aromatic rings. The van der Waals surface area contributed by atoms with Crippen LogP contribution >= 0.6 is 0 Å². The van der Waals surface area contributed by atoms with E-state index >= 15 is 0 Å². The summed E-state index contributed by atoms with van der Waals surface area (Å²) in [6.07, 6.45) is 2.73. The molecule has 0 fully saturated rings. The number of anilines is 1. The second kappa shape index (κ2) is 4.88. The third-order valence-corrected chi connectivity index (χ3v) is 4.29. The van der Waals surface area contributed by atoms with Crippen molar-refractivity contribution in [3.05, 3.63) is 30.6 Å². The summed E-state index contributed by atoms with van der Waals surface area (Å²) in [4.78, 5) is 4.20. The Morgan fingerprint density at radius 3 is 2.68 bits per heavy atom. The van der Waals surface area contributed by atoms with Crippen molar-refractivity contribution in [2.24, 2.45) is 7.05 Å². The van der Waals surface area contributed by atoms with Gasteiger partial charge in [-0.15, -0.1) is 0 Å². The highest BCUT2D eigenvalue weighted by Crippen LogP contribution is 2.21. The number of nitrogens with zero attached hydrogens (tertiary/aromatic N) is 4. The van der Waals surface area contributed by atoms with Crippen molar-refractivity contribution in [2.75, 3.05) is 18.5 Å². The fraction of sp³-hybridized carbons (Fsp3) is 0.273. The fourth-order valence-electron chi connectivity index (χ4n) is 1.51. The number of sulfonamides is 1. The maximum absolute atomic E-state index is 12.3. The normalized spacial score (nSPS) is 11.3. The van der Waals surface area contributed by atoms with Crippen molar-refractivity contribution >= 4 is 15.8 Å². The van der Waals surface area contributed by atoms with Crippen LogP contribution in [0.3, 0.4) is 0 Å². The first-order chi connectivity index (χ1) is 8.95. The van der Waals surface area contributed by atoms with Crippen LogP contribution in [0.5, 0.6) is 5.88 Å². The summed E-state index contributed by atoms with van der Waals surface area (Å²) in [6.45, 7) is 0. The lowest BCUT2D eigenvalue weighted by molar-refractivity contribution is 0.398. The van der Waals surface area contributed by atoms with Gasteiger partial charge >= 0.3 is 0 Å². The predicted molar refractivity (Wildman–Crippen MR) is 69.6 cm³/mol. The summed E-state index contributed by atoms with van der Waals surface area (Å²) in [5.74, 6) is 0.633. The molecule has 102 valence electrons. The molecule has 0 aliphatic rings. The minimum Gasteiger partial charge on any atom is -0.481 e. The van der Waals surface area contributed by atoms with Crippen LogP contribution in [0.4, 0.5) is 5.82 Å². The summed E-state index contributed by atoms with van der Waals surface area (Å²) < 4.78 is 32.2. The molecule has 8 heteroatoms. The smallest absolute Gasteiger partial charge is 0.268 e. The van der Waals surface area contributed by atoms with Crippen molar-refractivity contribution < 1.29 is 13.2 Å². The number of ether oxygens (including phenoxy) is 1. The highest BCUT2D eigenvalue weighted by Gasteiger charge is 2.23. The Morgan fingerprint density at radius 1 is 1.37 bits per heavy atom. The Labute approximate surface area is 111 Å². The molecule has 0 spiro atoms. The summed E-state index contributed by atoms with van der Waals surface area (Å²) in [5, 5.41) is 3.86. The van der Waals surface area contributed by atoms with E-state index in [1.54, 1.807) is 25.2 Å². The van der Waals surface area contributed by atoms with Crippen LogP contribution in [0, 0.1) is 0 Å². The zero-order chi connectivity index (χ0) is 14.0. The third-order valence-electron chi connectivity index (χ3n) is 2.58. The second-order valence-electron chi connectivity index (χ2n) is 3.86. The van der Waals surface area contributed by atoms with Gasteiger partial charge in [0.25, 0.3) is 10.0 Å². The molecule has 0 saturated carbocycles. The Balaban J connectivity index is 2.40. The lowest BCUT2D eigenvalue weighted by atomic mass is 10.4. The van der Waals surface area contributed by atoms with E-state index in [1.165, 1.54) is 31.2 Å². The van der Waals surface area contributed by atoms with E-state index in [0.29, 0.717) is 5.88 Å². The number of aryl methyl sites for hydroxylation is 1. The van der Waals surface area contributed by atoms with E-state index in [2.05, 4.69) is 10.1 Å². The van der Waals surface area contributed by atoms with Gasteiger partial charge in [0.2, 0.25) is 5.88 Å². The molecule has 0 saturated heterocycles. The molecule has 0 N–H and O–H groups in total. The van der Waals surface area contributed by atoms with Gasteiger partial charge in [0.15, 0.2) is 0 Å². The first-order valence-electron chi connectivity index (χ1n) is 5.44.